The summed E-state index contributed by atoms with van der Waals surface area (Å²) in [6.07, 6.45) is 3.15. The van der Waals surface area contributed by atoms with E-state index in [1.54, 1.807) is 18.5 Å². The maximum absolute atomic E-state index is 11.4. The van der Waals surface area contributed by atoms with E-state index in [0.717, 1.165) is 0 Å². The highest BCUT2D eigenvalue weighted by Gasteiger charge is 2.30. The maximum Gasteiger partial charge on any atom is 0.247 e. The van der Waals surface area contributed by atoms with Crippen LogP contribution in [0.1, 0.15) is 11.1 Å². The molecule has 14 heavy (non-hydrogen) atoms. The smallest absolute Gasteiger partial charge is 0.247 e. The Kier molecular flexibility index (Phi) is 2.45. The summed E-state index contributed by atoms with van der Waals surface area (Å²) in [6.45, 7) is 0. The molecule has 1 aromatic heterocycles. The Hall–Kier alpha value is -1.43. The minimum Gasteiger partial charge on any atom is -0.294 e. The van der Waals surface area contributed by atoms with Crippen molar-refractivity contribution in [3.63, 3.8) is 0 Å². The third kappa shape index (κ3) is 1.74. The number of rotatable bonds is 1. The number of thioether (sulfide) groups is 1. The second kappa shape index (κ2) is 3.75. The second-order valence-corrected chi connectivity index (χ2v) is 3.80. The van der Waals surface area contributed by atoms with Gasteiger partial charge in [0, 0.05) is 12.4 Å². The summed E-state index contributed by atoms with van der Waals surface area (Å²) in [5.41, 5.74) is 0. The second-order valence-electron chi connectivity index (χ2n) is 2.71. The minimum atomic E-state index is -0.464. The van der Waals surface area contributed by atoms with Crippen LogP contribution >= 0.6 is 11.8 Å². The van der Waals surface area contributed by atoms with Crippen molar-refractivity contribution in [3.05, 3.63) is 24.3 Å². The van der Waals surface area contributed by atoms with Crippen LogP contribution in [0, 0.1) is 0 Å². The quantitative estimate of drug-likeness (QED) is 0.654. The van der Waals surface area contributed by atoms with Crippen molar-refractivity contribution in [3.8, 4) is 0 Å². The van der Waals surface area contributed by atoms with Crippen molar-refractivity contribution in [1.29, 1.82) is 0 Å². The molecule has 1 aliphatic heterocycles. The molecule has 6 heteroatoms. The van der Waals surface area contributed by atoms with E-state index in [4.69, 9.17) is 0 Å². The van der Waals surface area contributed by atoms with Gasteiger partial charge in [0.05, 0.1) is 5.75 Å². The molecule has 2 amide bonds. The van der Waals surface area contributed by atoms with Crippen LogP contribution < -0.4 is 5.32 Å². The zero-order chi connectivity index (χ0) is 9.97. The molecule has 1 fully saturated rings. The Balaban J connectivity index is 2.20. The lowest BCUT2D eigenvalue weighted by atomic mass is 10.3. The molecule has 5 nitrogen and oxygen atoms in total. The minimum absolute atomic E-state index is 0.257. The first-order chi connectivity index (χ1) is 6.77. The monoisotopic (exact) mass is 209 g/mol. The van der Waals surface area contributed by atoms with Gasteiger partial charge >= 0.3 is 0 Å². The van der Waals surface area contributed by atoms with Crippen molar-refractivity contribution in [2.24, 2.45) is 0 Å². The first kappa shape index (κ1) is 9.14. The van der Waals surface area contributed by atoms with Crippen molar-refractivity contribution in [2.45, 2.75) is 5.25 Å². The Bertz CT molecular complexity index is 368. The highest BCUT2D eigenvalue weighted by Crippen LogP contribution is 2.28. The van der Waals surface area contributed by atoms with Gasteiger partial charge in [-0.3, -0.25) is 14.9 Å². The van der Waals surface area contributed by atoms with Gasteiger partial charge in [0.25, 0.3) is 0 Å². The van der Waals surface area contributed by atoms with Gasteiger partial charge in [0.1, 0.15) is 5.25 Å². The van der Waals surface area contributed by atoms with Crippen molar-refractivity contribution in [1.82, 2.24) is 15.3 Å². The Morgan fingerprint density at radius 1 is 1.36 bits per heavy atom. The molecule has 0 aliphatic carbocycles. The summed E-state index contributed by atoms with van der Waals surface area (Å²) in [5.74, 6) is 0.126. The number of carbonyl (C=O) groups excluding carboxylic acids is 2. The molecule has 2 heterocycles. The first-order valence-electron chi connectivity index (χ1n) is 3.99. The van der Waals surface area contributed by atoms with Crippen LogP contribution in [-0.4, -0.2) is 27.5 Å². The highest BCUT2D eigenvalue weighted by molar-refractivity contribution is 8.01. The van der Waals surface area contributed by atoms with Gasteiger partial charge in [-0.1, -0.05) is 0 Å². The van der Waals surface area contributed by atoms with Gasteiger partial charge in [-0.2, -0.15) is 0 Å². The first-order valence-corrected chi connectivity index (χ1v) is 5.04. The summed E-state index contributed by atoms with van der Waals surface area (Å²) >= 11 is 1.25. The molecule has 1 unspecified atom stereocenters. The summed E-state index contributed by atoms with van der Waals surface area (Å²) in [6, 6.07) is 1.68. The Labute approximate surface area is 84.3 Å². The number of nitrogens with zero attached hydrogens (tertiary/aromatic N) is 2. The van der Waals surface area contributed by atoms with E-state index in [1.807, 2.05) is 0 Å². The molecular weight excluding hydrogens is 202 g/mol. The summed E-state index contributed by atoms with van der Waals surface area (Å²) in [4.78, 5) is 30.2. The highest BCUT2D eigenvalue weighted by atomic mass is 32.2. The molecular formula is C8H7N3O2S. The molecule has 72 valence electrons. The van der Waals surface area contributed by atoms with Gasteiger partial charge in [-0.05, 0) is 6.07 Å². The van der Waals surface area contributed by atoms with Crippen LogP contribution in [0.25, 0.3) is 0 Å². The van der Waals surface area contributed by atoms with Crippen LogP contribution in [0.15, 0.2) is 18.5 Å². The van der Waals surface area contributed by atoms with Gasteiger partial charge < -0.3 is 0 Å². The number of nitrogens with one attached hydrogen (secondary N) is 1. The number of hydrogen-bond donors (Lipinski definition) is 1. The van der Waals surface area contributed by atoms with E-state index in [-0.39, 0.29) is 17.6 Å². The third-order valence-electron chi connectivity index (χ3n) is 1.70. The third-order valence-corrected chi connectivity index (χ3v) is 2.89. The zero-order valence-corrected chi connectivity index (χ0v) is 7.95. The fourth-order valence-electron chi connectivity index (χ4n) is 1.11. The SMILES string of the molecule is O=C1CSC(c2ncccn2)C(=O)N1. The summed E-state index contributed by atoms with van der Waals surface area (Å²) in [7, 11) is 0. The Morgan fingerprint density at radius 3 is 2.71 bits per heavy atom. The number of carbonyl (C=O) groups is 2. The molecule has 1 aliphatic rings. The van der Waals surface area contributed by atoms with Gasteiger partial charge in [-0.25, -0.2) is 9.97 Å². The molecule has 1 atom stereocenters. The molecule has 2 rings (SSSR count). The molecule has 0 bridgehead atoms. The molecule has 1 saturated heterocycles. The van der Waals surface area contributed by atoms with Crippen molar-refractivity contribution < 1.29 is 9.59 Å². The lowest BCUT2D eigenvalue weighted by Gasteiger charge is -2.18. The average Bonchev–Trinajstić information content (AvgIpc) is 2.19. The van der Waals surface area contributed by atoms with E-state index < -0.39 is 5.25 Å². The molecule has 0 radical (unpaired) electrons. The standard InChI is InChI=1S/C8H7N3O2S/c12-5-4-14-6(8(13)11-5)7-9-2-1-3-10-7/h1-3,6H,4H2,(H,11,12,13). The van der Waals surface area contributed by atoms with E-state index in [0.29, 0.717) is 5.82 Å². The largest absolute Gasteiger partial charge is 0.294 e. The van der Waals surface area contributed by atoms with Crippen LogP contribution in [0.5, 0.6) is 0 Å². The summed E-state index contributed by atoms with van der Waals surface area (Å²) in [5, 5.41) is 1.79. The average molecular weight is 209 g/mol. The molecule has 0 aromatic carbocycles. The van der Waals surface area contributed by atoms with Gasteiger partial charge in [0.15, 0.2) is 5.82 Å². The Morgan fingerprint density at radius 2 is 2.07 bits per heavy atom. The van der Waals surface area contributed by atoms with Gasteiger partial charge in [-0.15, -0.1) is 11.8 Å². The van der Waals surface area contributed by atoms with E-state index >= 15 is 0 Å². The maximum atomic E-state index is 11.4. The van der Waals surface area contributed by atoms with Crippen molar-refractivity contribution >= 4 is 23.6 Å². The molecule has 1 aromatic rings. The fraction of sp³-hybridized carbons (Fsp3) is 0.250. The van der Waals surface area contributed by atoms with E-state index in [9.17, 15) is 9.59 Å². The van der Waals surface area contributed by atoms with Crippen LogP contribution in [0.2, 0.25) is 0 Å². The van der Waals surface area contributed by atoms with Crippen molar-refractivity contribution in [2.75, 3.05) is 5.75 Å². The summed E-state index contributed by atoms with van der Waals surface area (Å²) < 4.78 is 0. The number of amides is 2. The topological polar surface area (TPSA) is 72.0 Å². The van der Waals surface area contributed by atoms with Crippen LogP contribution in [0.4, 0.5) is 0 Å². The number of hydrogen-bond acceptors (Lipinski definition) is 5. The lowest BCUT2D eigenvalue weighted by molar-refractivity contribution is -0.129. The normalized spacial score (nSPS) is 21.9. The fourth-order valence-corrected chi connectivity index (χ4v) is 1.98. The zero-order valence-electron chi connectivity index (χ0n) is 7.14. The number of imide groups is 1. The van der Waals surface area contributed by atoms with Crippen LogP contribution in [0.3, 0.4) is 0 Å². The van der Waals surface area contributed by atoms with E-state index in [2.05, 4.69) is 15.3 Å². The number of aromatic nitrogens is 2. The molecule has 0 spiro atoms. The predicted molar refractivity (Wildman–Crippen MR) is 50.4 cm³/mol. The van der Waals surface area contributed by atoms with Crippen LogP contribution in [-0.2, 0) is 9.59 Å². The van der Waals surface area contributed by atoms with Gasteiger partial charge in [0.2, 0.25) is 11.8 Å². The van der Waals surface area contributed by atoms with E-state index in [1.165, 1.54) is 11.8 Å². The molecule has 1 N–H and O–H groups in total. The lowest BCUT2D eigenvalue weighted by Crippen LogP contribution is -2.40. The molecule has 0 saturated carbocycles. The predicted octanol–water partition coefficient (Wildman–Crippen LogP) is -0.0927.